The van der Waals surface area contributed by atoms with Gasteiger partial charge in [0.05, 0.1) is 23.4 Å². The number of rotatable bonds is 5. The fraction of sp³-hybridized carbons (Fsp3) is 0. The van der Waals surface area contributed by atoms with Crippen LogP contribution in [0.5, 0.6) is 11.5 Å². The Morgan fingerprint density at radius 1 is 1.03 bits per heavy atom. The predicted molar refractivity (Wildman–Crippen MR) is 105 cm³/mol. The number of aromatic carboxylic acids is 1. The number of para-hydroxylation sites is 1. The number of nitriles is 1. The molecule has 0 aliphatic rings. The first-order valence-electron chi connectivity index (χ1n) is 8.66. The Hall–Kier alpha value is -4.44. The molecule has 0 saturated carbocycles. The van der Waals surface area contributed by atoms with E-state index in [1.807, 2.05) is 54.6 Å². The number of benzene rings is 2. The summed E-state index contributed by atoms with van der Waals surface area (Å²) in [7, 11) is 0. The van der Waals surface area contributed by atoms with Crippen LogP contribution in [-0.2, 0) is 0 Å². The minimum atomic E-state index is -1.08. The van der Waals surface area contributed by atoms with E-state index in [1.165, 1.54) is 17.1 Å². The van der Waals surface area contributed by atoms with Gasteiger partial charge in [0.1, 0.15) is 11.5 Å². The van der Waals surface area contributed by atoms with Gasteiger partial charge in [0.2, 0.25) is 0 Å². The molecule has 0 unspecified atom stereocenters. The van der Waals surface area contributed by atoms with Gasteiger partial charge in [0.25, 0.3) is 0 Å². The predicted octanol–water partition coefficient (Wildman–Crippen LogP) is 4.30. The van der Waals surface area contributed by atoms with Gasteiger partial charge in [-0.05, 0) is 29.8 Å². The van der Waals surface area contributed by atoms with Gasteiger partial charge in [0, 0.05) is 24.0 Å². The lowest BCUT2D eigenvalue weighted by atomic mass is 10.0. The minimum Gasteiger partial charge on any atom is -0.478 e. The second kappa shape index (κ2) is 7.66. The van der Waals surface area contributed by atoms with Crippen LogP contribution < -0.4 is 4.74 Å². The van der Waals surface area contributed by atoms with E-state index in [-0.39, 0.29) is 5.56 Å². The van der Waals surface area contributed by atoms with Crippen molar-refractivity contribution in [3.8, 4) is 34.5 Å². The van der Waals surface area contributed by atoms with E-state index in [1.54, 1.807) is 12.3 Å². The van der Waals surface area contributed by atoms with Crippen molar-refractivity contribution >= 4 is 5.97 Å². The molecule has 0 fully saturated rings. The summed E-state index contributed by atoms with van der Waals surface area (Å²) in [6, 6.07) is 20.5. The fourth-order valence-corrected chi connectivity index (χ4v) is 2.78. The Bertz CT molecular complexity index is 1210. The molecule has 2 heterocycles. The molecule has 29 heavy (non-hydrogen) atoms. The summed E-state index contributed by atoms with van der Waals surface area (Å²) < 4.78 is 7.11. The maximum Gasteiger partial charge on any atom is 0.338 e. The van der Waals surface area contributed by atoms with Gasteiger partial charge in [0.15, 0.2) is 5.82 Å². The topological polar surface area (TPSA) is 101 Å². The molecular weight excluding hydrogens is 368 g/mol. The zero-order valence-corrected chi connectivity index (χ0v) is 15.1. The molecule has 2 aromatic carbocycles. The van der Waals surface area contributed by atoms with E-state index >= 15 is 0 Å². The third kappa shape index (κ3) is 3.82. The molecule has 0 spiro atoms. The standard InChI is InChI=1S/C22H14N4O3/c23-11-16-10-21(26-14-17(12-25-26)22(27)28)24-13-20(16)15-6-8-19(9-7-15)29-18-4-2-1-3-5-18/h1-10,12-14H,(H,27,28). The molecular formula is C22H14N4O3. The van der Waals surface area contributed by atoms with Crippen molar-refractivity contribution in [1.29, 1.82) is 5.26 Å². The zero-order chi connectivity index (χ0) is 20.2. The van der Waals surface area contributed by atoms with E-state index in [4.69, 9.17) is 9.84 Å². The maximum atomic E-state index is 11.0. The Morgan fingerprint density at radius 3 is 2.41 bits per heavy atom. The van der Waals surface area contributed by atoms with Gasteiger partial charge in [-0.15, -0.1) is 0 Å². The third-order valence-corrected chi connectivity index (χ3v) is 4.22. The lowest BCUT2D eigenvalue weighted by Crippen LogP contribution is -2.00. The molecule has 0 amide bonds. The van der Waals surface area contributed by atoms with E-state index in [2.05, 4.69) is 16.2 Å². The molecule has 0 saturated heterocycles. The molecule has 0 aliphatic carbocycles. The number of ether oxygens (including phenoxy) is 1. The molecule has 1 N–H and O–H groups in total. The number of aromatic nitrogens is 3. The number of carboxylic acid groups (broad SMARTS) is 1. The van der Waals surface area contributed by atoms with Gasteiger partial charge in [-0.1, -0.05) is 30.3 Å². The summed E-state index contributed by atoms with van der Waals surface area (Å²) in [5, 5.41) is 22.6. The van der Waals surface area contributed by atoms with Crippen molar-refractivity contribution in [2.24, 2.45) is 0 Å². The highest BCUT2D eigenvalue weighted by molar-refractivity contribution is 5.87. The van der Waals surface area contributed by atoms with Gasteiger partial charge in [-0.3, -0.25) is 0 Å². The largest absolute Gasteiger partial charge is 0.478 e. The summed E-state index contributed by atoms with van der Waals surface area (Å²) in [4.78, 5) is 15.3. The molecule has 4 aromatic rings. The highest BCUT2D eigenvalue weighted by atomic mass is 16.5. The summed E-state index contributed by atoms with van der Waals surface area (Å²) in [6.07, 6.45) is 4.15. The first-order chi connectivity index (χ1) is 14.1. The number of hydrogen-bond acceptors (Lipinski definition) is 5. The van der Waals surface area contributed by atoms with E-state index < -0.39 is 5.97 Å². The van der Waals surface area contributed by atoms with Crippen LogP contribution in [0, 0.1) is 11.3 Å². The zero-order valence-electron chi connectivity index (χ0n) is 15.1. The molecule has 0 aliphatic heterocycles. The summed E-state index contributed by atoms with van der Waals surface area (Å²) in [6.45, 7) is 0. The van der Waals surface area contributed by atoms with Gasteiger partial charge in [-0.25, -0.2) is 14.5 Å². The molecule has 2 aromatic heterocycles. The smallest absolute Gasteiger partial charge is 0.338 e. The number of carboxylic acids is 1. The third-order valence-electron chi connectivity index (χ3n) is 4.22. The molecule has 7 nitrogen and oxygen atoms in total. The number of hydrogen-bond donors (Lipinski definition) is 1. The Morgan fingerprint density at radius 2 is 1.76 bits per heavy atom. The van der Waals surface area contributed by atoms with Crippen LogP contribution >= 0.6 is 0 Å². The monoisotopic (exact) mass is 382 g/mol. The van der Waals surface area contributed by atoms with Crippen LogP contribution in [0.3, 0.4) is 0 Å². The number of pyridine rings is 1. The van der Waals surface area contributed by atoms with Gasteiger partial charge >= 0.3 is 5.97 Å². The Labute approximate surface area is 166 Å². The van der Waals surface area contributed by atoms with Crippen molar-refractivity contribution in [3.63, 3.8) is 0 Å². The van der Waals surface area contributed by atoms with E-state index in [9.17, 15) is 10.1 Å². The lowest BCUT2D eigenvalue weighted by molar-refractivity contribution is 0.0697. The van der Waals surface area contributed by atoms with Crippen molar-refractivity contribution in [2.45, 2.75) is 0 Å². The second-order valence-corrected chi connectivity index (χ2v) is 6.12. The molecule has 0 atom stereocenters. The van der Waals surface area contributed by atoms with Crippen LogP contribution in [0.1, 0.15) is 15.9 Å². The Balaban J connectivity index is 1.61. The molecule has 0 bridgehead atoms. The highest BCUT2D eigenvalue weighted by Gasteiger charge is 2.12. The Kier molecular flexibility index (Phi) is 4.74. The van der Waals surface area contributed by atoms with Gasteiger partial charge < -0.3 is 9.84 Å². The van der Waals surface area contributed by atoms with Crippen LogP contribution in [0.15, 0.2) is 79.3 Å². The SMILES string of the molecule is N#Cc1cc(-n2cc(C(=O)O)cn2)ncc1-c1ccc(Oc2ccccc2)cc1. The molecule has 140 valence electrons. The average molecular weight is 382 g/mol. The average Bonchev–Trinajstić information content (AvgIpc) is 3.25. The van der Waals surface area contributed by atoms with E-state index in [0.717, 1.165) is 11.3 Å². The van der Waals surface area contributed by atoms with Crippen molar-refractivity contribution in [1.82, 2.24) is 14.8 Å². The molecule has 4 rings (SSSR count). The van der Waals surface area contributed by atoms with Crippen LogP contribution in [0.4, 0.5) is 0 Å². The minimum absolute atomic E-state index is 0.0448. The van der Waals surface area contributed by atoms with Crippen molar-refractivity contribution < 1.29 is 14.6 Å². The van der Waals surface area contributed by atoms with Crippen LogP contribution in [0.2, 0.25) is 0 Å². The number of carbonyl (C=O) groups is 1. The fourth-order valence-electron chi connectivity index (χ4n) is 2.78. The molecule has 0 radical (unpaired) electrons. The normalized spacial score (nSPS) is 10.3. The van der Waals surface area contributed by atoms with E-state index in [0.29, 0.717) is 22.7 Å². The lowest BCUT2D eigenvalue weighted by Gasteiger charge is -2.09. The van der Waals surface area contributed by atoms with Crippen LogP contribution in [0.25, 0.3) is 16.9 Å². The number of nitrogens with zero attached hydrogens (tertiary/aromatic N) is 4. The first kappa shape index (κ1) is 17.9. The van der Waals surface area contributed by atoms with Crippen molar-refractivity contribution in [3.05, 3.63) is 90.4 Å². The van der Waals surface area contributed by atoms with Crippen LogP contribution in [-0.4, -0.2) is 25.8 Å². The first-order valence-corrected chi connectivity index (χ1v) is 8.66. The summed E-state index contributed by atoms with van der Waals surface area (Å²) in [5.74, 6) is 0.706. The second-order valence-electron chi connectivity index (χ2n) is 6.12. The molecule has 7 heteroatoms. The quantitative estimate of drug-likeness (QED) is 0.552. The summed E-state index contributed by atoms with van der Waals surface area (Å²) >= 11 is 0. The van der Waals surface area contributed by atoms with Gasteiger partial charge in [-0.2, -0.15) is 10.4 Å². The maximum absolute atomic E-state index is 11.0. The summed E-state index contributed by atoms with van der Waals surface area (Å²) in [5.41, 5.74) is 1.92. The highest BCUT2D eigenvalue weighted by Crippen LogP contribution is 2.28. The van der Waals surface area contributed by atoms with Crippen molar-refractivity contribution in [2.75, 3.05) is 0 Å².